The lowest BCUT2D eigenvalue weighted by molar-refractivity contribution is 0.127. The largest absolute Gasteiger partial charge is 0.377 e. The van der Waals surface area contributed by atoms with E-state index in [0.717, 1.165) is 12.8 Å². The van der Waals surface area contributed by atoms with Crippen LogP contribution < -0.4 is 10.5 Å². The second-order valence-corrected chi connectivity index (χ2v) is 6.13. The molecule has 2 rings (SSSR count). The summed E-state index contributed by atoms with van der Waals surface area (Å²) in [6.07, 6.45) is 3.05. The van der Waals surface area contributed by atoms with E-state index in [1.165, 1.54) is 4.68 Å². The fraction of sp³-hybridized carbons (Fsp3) is 0.700. The third-order valence-corrected chi connectivity index (χ3v) is 4.23. The van der Waals surface area contributed by atoms with Crippen molar-refractivity contribution in [3.8, 4) is 0 Å². The Morgan fingerprint density at radius 3 is 3.06 bits per heavy atom. The first-order valence-electron chi connectivity index (χ1n) is 5.85. The molecule has 7 nitrogen and oxygen atoms in total. The summed E-state index contributed by atoms with van der Waals surface area (Å²) in [6.45, 7) is 0.881. The lowest BCUT2D eigenvalue weighted by atomic mass is 10.3. The highest BCUT2D eigenvalue weighted by Gasteiger charge is 2.24. The van der Waals surface area contributed by atoms with Gasteiger partial charge in [-0.15, -0.1) is 0 Å². The lowest BCUT2D eigenvalue weighted by Crippen LogP contribution is -2.27. The third-order valence-electron chi connectivity index (χ3n) is 2.92. The molecular formula is C10H18N4O3S. The third kappa shape index (κ3) is 3.01. The van der Waals surface area contributed by atoms with Gasteiger partial charge >= 0.3 is 0 Å². The van der Waals surface area contributed by atoms with E-state index in [2.05, 4.69) is 9.82 Å². The first-order chi connectivity index (χ1) is 8.52. The van der Waals surface area contributed by atoms with Gasteiger partial charge in [0.05, 0.1) is 18.1 Å². The van der Waals surface area contributed by atoms with E-state index in [1.807, 2.05) is 0 Å². The number of aryl methyl sites for hydroxylation is 1. The summed E-state index contributed by atoms with van der Waals surface area (Å²) in [4.78, 5) is 0. The molecule has 8 heteroatoms. The maximum atomic E-state index is 12.0. The first-order valence-corrected chi connectivity index (χ1v) is 7.50. The highest BCUT2D eigenvalue weighted by molar-refractivity contribution is 7.92. The van der Waals surface area contributed by atoms with Gasteiger partial charge in [0, 0.05) is 25.8 Å². The van der Waals surface area contributed by atoms with Gasteiger partial charge in [0.15, 0.2) is 0 Å². The van der Waals surface area contributed by atoms with E-state index in [9.17, 15) is 8.42 Å². The van der Waals surface area contributed by atoms with Crippen molar-refractivity contribution in [3.63, 3.8) is 0 Å². The van der Waals surface area contributed by atoms with Crippen LogP contribution in [0.4, 0.5) is 5.82 Å². The van der Waals surface area contributed by atoms with E-state index >= 15 is 0 Å². The molecule has 0 bridgehead atoms. The van der Waals surface area contributed by atoms with Gasteiger partial charge in [-0.3, -0.25) is 9.40 Å². The molecule has 1 saturated heterocycles. The van der Waals surface area contributed by atoms with Crippen molar-refractivity contribution < 1.29 is 13.2 Å². The van der Waals surface area contributed by atoms with Crippen LogP contribution in [0.15, 0.2) is 6.20 Å². The number of nitrogens with two attached hydrogens (primary N) is 1. The minimum Gasteiger partial charge on any atom is -0.377 e. The Bertz CT molecular complexity index is 505. The van der Waals surface area contributed by atoms with E-state index in [1.54, 1.807) is 13.2 Å². The summed E-state index contributed by atoms with van der Waals surface area (Å²) >= 11 is 0. The lowest BCUT2D eigenvalue weighted by Gasteiger charge is -2.13. The molecule has 1 aromatic heterocycles. The summed E-state index contributed by atoms with van der Waals surface area (Å²) < 4.78 is 33.3. The molecule has 102 valence electrons. The minimum absolute atomic E-state index is 0.0256. The summed E-state index contributed by atoms with van der Waals surface area (Å²) in [5.41, 5.74) is 6.21. The molecule has 1 aromatic rings. The fourth-order valence-electron chi connectivity index (χ4n) is 1.97. The van der Waals surface area contributed by atoms with Gasteiger partial charge in [0.2, 0.25) is 10.0 Å². The molecule has 0 saturated carbocycles. The second kappa shape index (κ2) is 5.25. The van der Waals surface area contributed by atoms with Crippen molar-refractivity contribution in [2.45, 2.75) is 25.5 Å². The molecule has 1 aliphatic rings. The zero-order valence-electron chi connectivity index (χ0n) is 10.3. The number of aromatic nitrogens is 2. The quantitative estimate of drug-likeness (QED) is 0.774. The fourth-order valence-corrected chi connectivity index (χ4v) is 3.37. The van der Waals surface area contributed by atoms with Gasteiger partial charge in [-0.25, -0.2) is 8.42 Å². The monoisotopic (exact) mass is 274 g/mol. The van der Waals surface area contributed by atoms with Crippen LogP contribution in [0.2, 0.25) is 0 Å². The first kappa shape index (κ1) is 13.3. The number of sulfonamides is 1. The Kier molecular flexibility index (Phi) is 3.88. The average Bonchev–Trinajstić information content (AvgIpc) is 2.90. The Morgan fingerprint density at radius 1 is 1.67 bits per heavy atom. The Balaban J connectivity index is 2.09. The molecule has 18 heavy (non-hydrogen) atoms. The number of nitrogens with zero attached hydrogens (tertiary/aromatic N) is 2. The van der Waals surface area contributed by atoms with Gasteiger partial charge < -0.3 is 10.5 Å². The molecule has 0 spiro atoms. The van der Waals surface area contributed by atoms with Crippen molar-refractivity contribution in [2.75, 3.05) is 17.1 Å². The standard InChI is InChI=1S/C10H18N4O3S/c1-14-10(8(5-11)6-12-14)13-18(15,16)7-9-3-2-4-17-9/h6,9,13H,2-5,7,11H2,1H3. The van der Waals surface area contributed by atoms with E-state index < -0.39 is 10.0 Å². The number of hydrogen-bond acceptors (Lipinski definition) is 5. The number of anilines is 1. The molecule has 0 aromatic carbocycles. The van der Waals surface area contributed by atoms with Crippen LogP contribution in [0.1, 0.15) is 18.4 Å². The Hall–Kier alpha value is -1.12. The van der Waals surface area contributed by atoms with Gasteiger partial charge in [-0.2, -0.15) is 5.10 Å². The molecular weight excluding hydrogens is 256 g/mol. The predicted octanol–water partition coefficient (Wildman–Crippen LogP) is -0.200. The number of rotatable bonds is 5. The van der Waals surface area contributed by atoms with Crippen LogP contribution in [-0.4, -0.2) is 36.7 Å². The molecule has 3 N–H and O–H groups in total. The summed E-state index contributed by atoms with van der Waals surface area (Å²) in [5.74, 6) is 0.401. The van der Waals surface area contributed by atoms with Crippen LogP contribution in [0.3, 0.4) is 0 Å². The van der Waals surface area contributed by atoms with E-state index in [-0.39, 0.29) is 18.4 Å². The molecule has 0 amide bonds. The molecule has 0 radical (unpaired) electrons. The summed E-state index contributed by atoms with van der Waals surface area (Å²) in [7, 11) is -1.76. The van der Waals surface area contributed by atoms with Crippen LogP contribution >= 0.6 is 0 Å². The molecule has 1 fully saturated rings. The zero-order valence-corrected chi connectivity index (χ0v) is 11.1. The highest BCUT2D eigenvalue weighted by atomic mass is 32.2. The molecule has 1 atom stereocenters. The second-order valence-electron chi connectivity index (χ2n) is 4.36. The Morgan fingerprint density at radius 2 is 2.44 bits per heavy atom. The predicted molar refractivity (Wildman–Crippen MR) is 67.5 cm³/mol. The van der Waals surface area contributed by atoms with Gasteiger partial charge in [-0.05, 0) is 12.8 Å². The molecule has 1 unspecified atom stereocenters. The van der Waals surface area contributed by atoms with Crippen LogP contribution in [-0.2, 0) is 28.4 Å². The van der Waals surface area contributed by atoms with Crippen LogP contribution in [0.25, 0.3) is 0 Å². The SMILES string of the molecule is Cn1ncc(CN)c1NS(=O)(=O)CC1CCCO1. The van der Waals surface area contributed by atoms with Crippen molar-refractivity contribution in [1.29, 1.82) is 0 Å². The van der Waals surface area contributed by atoms with Gasteiger partial charge in [0.25, 0.3) is 0 Å². The highest BCUT2D eigenvalue weighted by Crippen LogP contribution is 2.18. The topological polar surface area (TPSA) is 99.2 Å². The number of hydrogen-bond donors (Lipinski definition) is 2. The van der Waals surface area contributed by atoms with E-state index in [4.69, 9.17) is 10.5 Å². The molecule has 1 aliphatic heterocycles. The minimum atomic E-state index is -3.43. The Labute approximate surface area is 106 Å². The van der Waals surface area contributed by atoms with Gasteiger partial charge in [0.1, 0.15) is 5.82 Å². The van der Waals surface area contributed by atoms with Crippen molar-refractivity contribution in [2.24, 2.45) is 12.8 Å². The molecule has 2 heterocycles. The summed E-state index contributed by atoms with van der Waals surface area (Å²) in [5, 5.41) is 3.98. The van der Waals surface area contributed by atoms with Crippen molar-refractivity contribution >= 4 is 15.8 Å². The zero-order chi connectivity index (χ0) is 13.2. The van der Waals surface area contributed by atoms with Crippen molar-refractivity contribution in [1.82, 2.24) is 9.78 Å². The number of nitrogens with one attached hydrogen (secondary N) is 1. The van der Waals surface area contributed by atoms with Gasteiger partial charge in [-0.1, -0.05) is 0 Å². The number of ether oxygens (including phenoxy) is 1. The van der Waals surface area contributed by atoms with Crippen LogP contribution in [0, 0.1) is 0 Å². The normalized spacial score (nSPS) is 20.2. The average molecular weight is 274 g/mol. The molecule has 0 aliphatic carbocycles. The van der Waals surface area contributed by atoms with Crippen LogP contribution in [0.5, 0.6) is 0 Å². The maximum Gasteiger partial charge on any atom is 0.236 e. The van der Waals surface area contributed by atoms with Crippen molar-refractivity contribution in [3.05, 3.63) is 11.8 Å². The maximum absolute atomic E-state index is 12.0. The van der Waals surface area contributed by atoms with E-state index in [0.29, 0.717) is 18.0 Å². The summed E-state index contributed by atoms with van der Waals surface area (Å²) in [6, 6.07) is 0. The smallest absolute Gasteiger partial charge is 0.236 e.